The van der Waals surface area contributed by atoms with E-state index in [-0.39, 0.29) is 55.2 Å². The fourth-order valence-corrected chi connectivity index (χ4v) is 5.19. The lowest BCUT2D eigenvalue weighted by atomic mass is 9.87. The van der Waals surface area contributed by atoms with Gasteiger partial charge in [0.1, 0.15) is 6.04 Å². The third kappa shape index (κ3) is 6.60. The summed E-state index contributed by atoms with van der Waals surface area (Å²) in [4.78, 5) is 33.5. The zero-order valence-corrected chi connectivity index (χ0v) is 22.5. The number of carbonyl (C=O) groups excluding carboxylic acids is 2. The van der Waals surface area contributed by atoms with Crippen LogP contribution in [0.4, 0.5) is 14.5 Å². The van der Waals surface area contributed by atoms with Crippen molar-refractivity contribution in [2.75, 3.05) is 11.4 Å². The molecule has 1 aromatic carbocycles. The van der Waals surface area contributed by atoms with E-state index in [1.54, 1.807) is 12.1 Å². The maximum atomic E-state index is 14.0. The van der Waals surface area contributed by atoms with Gasteiger partial charge in [0.15, 0.2) is 0 Å². The van der Waals surface area contributed by atoms with Gasteiger partial charge in [0.2, 0.25) is 17.7 Å². The number of anilines is 1. The highest BCUT2D eigenvalue weighted by Gasteiger charge is 2.42. The molecule has 2 amide bonds. The summed E-state index contributed by atoms with van der Waals surface area (Å²) in [6.07, 6.45) is 1.81. The molecule has 2 fully saturated rings. The molecule has 1 saturated carbocycles. The number of halogens is 2. The highest BCUT2D eigenvalue weighted by Crippen LogP contribution is 2.36. The quantitative estimate of drug-likeness (QED) is 0.515. The molecule has 208 valence electrons. The molecular formula is C29H35F2N5O3. The van der Waals surface area contributed by atoms with Crippen LogP contribution in [0.5, 0.6) is 0 Å². The Morgan fingerprint density at radius 1 is 1.21 bits per heavy atom. The van der Waals surface area contributed by atoms with E-state index < -0.39 is 42.0 Å². The molecule has 0 bridgehead atoms. The van der Waals surface area contributed by atoms with Crippen LogP contribution in [-0.4, -0.2) is 52.6 Å². The second-order valence-electron chi connectivity index (χ2n) is 11.5. The van der Waals surface area contributed by atoms with Gasteiger partial charge in [-0.1, -0.05) is 32.9 Å². The van der Waals surface area contributed by atoms with E-state index in [4.69, 9.17) is 0 Å². The van der Waals surface area contributed by atoms with E-state index in [1.165, 1.54) is 23.4 Å². The molecule has 1 aliphatic heterocycles. The first-order valence-electron chi connectivity index (χ1n) is 13.3. The van der Waals surface area contributed by atoms with Gasteiger partial charge in [-0.15, -0.1) is 0 Å². The SMILES string of the molecule is CC(C)(C)c1ccc(N(C(=O)C2CC(O)CN2)C(C(=O)NC2CCC(F)(F)CC2)c2cnccc2C#N)cc1. The second kappa shape index (κ2) is 11.4. The number of hydrogen-bond donors (Lipinski definition) is 3. The van der Waals surface area contributed by atoms with Crippen LogP contribution in [0, 0.1) is 11.3 Å². The lowest BCUT2D eigenvalue weighted by Crippen LogP contribution is -2.52. The minimum atomic E-state index is -2.76. The van der Waals surface area contributed by atoms with Gasteiger partial charge in [-0.2, -0.15) is 5.26 Å². The molecule has 3 atom stereocenters. The Balaban J connectivity index is 1.78. The predicted molar refractivity (Wildman–Crippen MR) is 142 cm³/mol. The van der Waals surface area contributed by atoms with Crippen LogP contribution in [0.25, 0.3) is 0 Å². The van der Waals surface area contributed by atoms with Crippen LogP contribution >= 0.6 is 0 Å². The lowest BCUT2D eigenvalue weighted by molar-refractivity contribution is -0.128. The molecule has 2 heterocycles. The Kier molecular flexibility index (Phi) is 8.33. The topological polar surface area (TPSA) is 118 Å². The number of nitrogens with one attached hydrogen (secondary N) is 2. The Hall–Kier alpha value is -3.42. The molecule has 1 aliphatic carbocycles. The summed E-state index contributed by atoms with van der Waals surface area (Å²) in [5.41, 5.74) is 1.70. The maximum absolute atomic E-state index is 14.0. The Bertz CT molecular complexity index is 1230. The van der Waals surface area contributed by atoms with Crippen molar-refractivity contribution in [2.45, 2.75) is 88.4 Å². The maximum Gasteiger partial charge on any atom is 0.248 e. The normalized spacial score (nSPS) is 22.1. The Morgan fingerprint density at radius 3 is 2.44 bits per heavy atom. The number of nitrogens with zero attached hydrogens (tertiary/aromatic N) is 3. The molecule has 10 heteroatoms. The van der Waals surface area contributed by atoms with Crippen molar-refractivity contribution in [1.82, 2.24) is 15.6 Å². The van der Waals surface area contributed by atoms with Crippen molar-refractivity contribution in [1.29, 1.82) is 5.26 Å². The molecule has 3 unspecified atom stereocenters. The molecule has 2 aromatic rings. The first-order chi connectivity index (χ1) is 18.4. The van der Waals surface area contributed by atoms with Crippen LogP contribution in [0.3, 0.4) is 0 Å². The molecule has 8 nitrogen and oxygen atoms in total. The van der Waals surface area contributed by atoms with Gasteiger partial charge in [-0.05, 0) is 48.4 Å². The van der Waals surface area contributed by atoms with Crippen molar-refractivity contribution >= 4 is 17.5 Å². The van der Waals surface area contributed by atoms with Gasteiger partial charge < -0.3 is 15.7 Å². The zero-order valence-electron chi connectivity index (χ0n) is 22.5. The van der Waals surface area contributed by atoms with Crippen LogP contribution in [-0.2, 0) is 15.0 Å². The Morgan fingerprint density at radius 2 is 1.87 bits per heavy atom. The van der Waals surface area contributed by atoms with Gasteiger partial charge in [0.05, 0.1) is 23.8 Å². The number of carbonyl (C=O) groups is 2. The summed E-state index contributed by atoms with van der Waals surface area (Å²) in [7, 11) is 0. The number of amides is 2. The highest BCUT2D eigenvalue weighted by molar-refractivity contribution is 6.04. The van der Waals surface area contributed by atoms with E-state index in [0.717, 1.165) is 5.56 Å². The molecule has 2 aliphatic rings. The number of alkyl halides is 2. The molecule has 39 heavy (non-hydrogen) atoms. The number of aromatic nitrogens is 1. The van der Waals surface area contributed by atoms with Crippen molar-refractivity contribution in [2.24, 2.45) is 0 Å². The Labute approximate surface area is 227 Å². The standard InChI is InChI=1S/C29H35F2N5O3/c1-28(2,3)19-4-6-21(7-5-19)36(27(39)24-14-22(37)16-34-24)25(23-17-33-13-10-18(23)15-32)26(38)35-20-8-11-29(30,31)12-9-20/h4-7,10,13,17,20,22,24-25,34,37H,8-9,11-12,14,16H2,1-3H3,(H,35,38). The van der Waals surface area contributed by atoms with Crippen LogP contribution in [0.1, 0.15) is 75.6 Å². The van der Waals surface area contributed by atoms with E-state index in [0.29, 0.717) is 5.69 Å². The molecule has 1 saturated heterocycles. The largest absolute Gasteiger partial charge is 0.392 e. The summed E-state index contributed by atoms with van der Waals surface area (Å²) in [5.74, 6) is -3.79. The molecule has 0 spiro atoms. The molecule has 0 radical (unpaired) electrons. The number of aliphatic hydroxyl groups is 1. The van der Waals surface area contributed by atoms with E-state index in [9.17, 15) is 28.7 Å². The van der Waals surface area contributed by atoms with Gasteiger partial charge in [0, 0.05) is 49.1 Å². The van der Waals surface area contributed by atoms with Gasteiger partial charge in [0.25, 0.3) is 0 Å². The van der Waals surface area contributed by atoms with E-state index in [1.807, 2.05) is 12.1 Å². The smallest absolute Gasteiger partial charge is 0.248 e. The van der Waals surface area contributed by atoms with E-state index in [2.05, 4.69) is 42.5 Å². The number of pyridine rings is 1. The first kappa shape index (κ1) is 28.6. The lowest BCUT2D eigenvalue weighted by Gasteiger charge is -2.36. The average molecular weight is 540 g/mol. The van der Waals surface area contributed by atoms with Gasteiger partial charge in [-0.3, -0.25) is 19.5 Å². The van der Waals surface area contributed by atoms with Gasteiger partial charge >= 0.3 is 0 Å². The van der Waals surface area contributed by atoms with Crippen molar-refractivity contribution in [3.63, 3.8) is 0 Å². The monoisotopic (exact) mass is 539 g/mol. The third-order valence-corrected chi connectivity index (χ3v) is 7.49. The molecule has 3 N–H and O–H groups in total. The van der Waals surface area contributed by atoms with Crippen molar-refractivity contribution in [3.05, 3.63) is 59.4 Å². The van der Waals surface area contributed by atoms with Crippen LogP contribution in [0.15, 0.2) is 42.7 Å². The fourth-order valence-electron chi connectivity index (χ4n) is 5.19. The second-order valence-corrected chi connectivity index (χ2v) is 11.5. The zero-order chi connectivity index (χ0) is 28.4. The van der Waals surface area contributed by atoms with Crippen molar-refractivity contribution in [3.8, 4) is 6.07 Å². The average Bonchev–Trinajstić information content (AvgIpc) is 3.34. The number of aliphatic hydroxyl groups excluding tert-OH is 1. The molecule has 1 aromatic heterocycles. The van der Waals surface area contributed by atoms with Crippen LogP contribution < -0.4 is 15.5 Å². The fraction of sp³-hybridized carbons (Fsp3) is 0.517. The summed E-state index contributed by atoms with van der Waals surface area (Å²) in [5, 5.41) is 25.8. The van der Waals surface area contributed by atoms with E-state index >= 15 is 0 Å². The number of hydrogen-bond acceptors (Lipinski definition) is 6. The molecular weight excluding hydrogens is 504 g/mol. The third-order valence-electron chi connectivity index (χ3n) is 7.49. The minimum absolute atomic E-state index is 0.105. The highest BCUT2D eigenvalue weighted by atomic mass is 19.3. The minimum Gasteiger partial charge on any atom is -0.392 e. The summed E-state index contributed by atoms with van der Waals surface area (Å²) >= 11 is 0. The van der Waals surface area contributed by atoms with Crippen LogP contribution in [0.2, 0.25) is 0 Å². The van der Waals surface area contributed by atoms with Gasteiger partial charge in [-0.25, -0.2) is 8.78 Å². The van der Waals surface area contributed by atoms with Crippen molar-refractivity contribution < 1.29 is 23.5 Å². The number of rotatable bonds is 6. The molecule has 4 rings (SSSR count). The number of β-amino-alcohol motifs (C(OH)–C–C–N with tert-alkyl or cyclic N) is 1. The summed E-state index contributed by atoms with van der Waals surface area (Å²) in [6, 6.07) is 8.31. The summed E-state index contributed by atoms with van der Waals surface area (Å²) < 4.78 is 27.6. The summed E-state index contributed by atoms with van der Waals surface area (Å²) in [6.45, 7) is 6.42. The first-order valence-corrected chi connectivity index (χ1v) is 13.3. The predicted octanol–water partition coefficient (Wildman–Crippen LogP) is 3.74. The number of benzene rings is 1. The number of nitriles is 1.